The van der Waals surface area contributed by atoms with Crippen molar-refractivity contribution in [3.8, 4) is 0 Å². The second kappa shape index (κ2) is 6.27. The molecule has 0 aliphatic rings. The van der Waals surface area contributed by atoms with Gasteiger partial charge in [0.1, 0.15) is 5.82 Å². The van der Waals surface area contributed by atoms with Gasteiger partial charge in [0.05, 0.1) is 18.2 Å². The fourth-order valence-electron chi connectivity index (χ4n) is 1.21. The van der Waals surface area contributed by atoms with Crippen molar-refractivity contribution in [2.24, 2.45) is 0 Å². The van der Waals surface area contributed by atoms with Gasteiger partial charge < -0.3 is 15.1 Å². The Balaban J connectivity index is 2.89. The topological polar surface area (TPSA) is 56.6 Å². The van der Waals surface area contributed by atoms with Crippen LogP contribution in [0, 0.1) is 0 Å². The molecule has 0 spiro atoms. The molecular formula is C9H12BrClN2O2. The Labute approximate surface area is 102 Å². The van der Waals surface area contributed by atoms with Crippen LogP contribution >= 0.6 is 27.5 Å². The summed E-state index contributed by atoms with van der Waals surface area (Å²) in [4.78, 5) is 5.87. The summed E-state index contributed by atoms with van der Waals surface area (Å²) in [5, 5.41) is 18.2. The van der Waals surface area contributed by atoms with Crippen molar-refractivity contribution in [1.29, 1.82) is 0 Å². The van der Waals surface area contributed by atoms with Crippen molar-refractivity contribution in [3.63, 3.8) is 0 Å². The Hall–Kier alpha value is -0.360. The SMILES string of the molecule is OCCN(CCO)c1ncc(Br)cc1Cl. The number of hydrogen-bond donors (Lipinski definition) is 2. The van der Waals surface area contributed by atoms with E-state index >= 15 is 0 Å². The molecule has 1 heterocycles. The molecule has 1 aromatic heterocycles. The molecule has 84 valence electrons. The first-order valence-electron chi connectivity index (χ1n) is 4.46. The zero-order valence-electron chi connectivity index (χ0n) is 8.03. The summed E-state index contributed by atoms with van der Waals surface area (Å²) in [5.41, 5.74) is 0. The van der Waals surface area contributed by atoms with Crippen molar-refractivity contribution in [3.05, 3.63) is 21.8 Å². The number of pyridine rings is 1. The molecule has 0 unspecified atom stereocenters. The Morgan fingerprint density at radius 3 is 2.40 bits per heavy atom. The van der Waals surface area contributed by atoms with Crippen molar-refractivity contribution in [2.45, 2.75) is 0 Å². The molecule has 15 heavy (non-hydrogen) atoms. The summed E-state index contributed by atoms with van der Waals surface area (Å²) in [7, 11) is 0. The molecule has 0 atom stereocenters. The average molecular weight is 296 g/mol. The first kappa shape index (κ1) is 12.7. The van der Waals surface area contributed by atoms with Crippen LogP contribution in [0.2, 0.25) is 5.02 Å². The van der Waals surface area contributed by atoms with E-state index in [2.05, 4.69) is 20.9 Å². The molecule has 4 nitrogen and oxygen atoms in total. The van der Waals surface area contributed by atoms with Gasteiger partial charge in [0.25, 0.3) is 0 Å². The second-order valence-electron chi connectivity index (χ2n) is 2.89. The lowest BCUT2D eigenvalue weighted by Crippen LogP contribution is -2.30. The predicted molar refractivity (Wildman–Crippen MR) is 63.3 cm³/mol. The van der Waals surface area contributed by atoms with E-state index in [9.17, 15) is 0 Å². The Bertz CT molecular complexity index is 319. The lowest BCUT2D eigenvalue weighted by molar-refractivity contribution is 0.280. The summed E-state index contributed by atoms with van der Waals surface area (Å²) in [6.07, 6.45) is 1.63. The minimum Gasteiger partial charge on any atom is -0.395 e. The molecule has 0 bridgehead atoms. The minimum atomic E-state index is -0.00588. The lowest BCUT2D eigenvalue weighted by atomic mass is 10.4. The second-order valence-corrected chi connectivity index (χ2v) is 4.22. The molecule has 0 saturated carbocycles. The Kier molecular flexibility index (Phi) is 5.31. The van der Waals surface area contributed by atoms with Gasteiger partial charge in [0.15, 0.2) is 0 Å². The van der Waals surface area contributed by atoms with Crippen LogP contribution in [0.4, 0.5) is 5.82 Å². The maximum absolute atomic E-state index is 8.87. The maximum Gasteiger partial charge on any atom is 0.147 e. The van der Waals surface area contributed by atoms with E-state index in [0.717, 1.165) is 4.47 Å². The molecule has 6 heteroatoms. The number of aliphatic hydroxyl groups is 2. The number of nitrogens with zero attached hydrogens (tertiary/aromatic N) is 2. The monoisotopic (exact) mass is 294 g/mol. The molecule has 1 aromatic rings. The minimum absolute atomic E-state index is 0.00588. The van der Waals surface area contributed by atoms with Gasteiger partial charge >= 0.3 is 0 Å². The molecule has 0 amide bonds. The fraction of sp³-hybridized carbons (Fsp3) is 0.444. The number of aromatic nitrogens is 1. The number of halogens is 2. The van der Waals surface area contributed by atoms with Crippen molar-refractivity contribution < 1.29 is 10.2 Å². The van der Waals surface area contributed by atoms with Gasteiger partial charge in [-0.05, 0) is 22.0 Å². The highest BCUT2D eigenvalue weighted by Crippen LogP contribution is 2.25. The Morgan fingerprint density at radius 2 is 1.93 bits per heavy atom. The van der Waals surface area contributed by atoms with Gasteiger partial charge in [-0.25, -0.2) is 4.98 Å². The lowest BCUT2D eigenvalue weighted by Gasteiger charge is -2.22. The highest BCUT2D eigenvalue weighted by molar-refractivity contribution is 9.10. The standard InChI is InChI=1S/C9H12BrClN2O2/c10-7-5-8(11)9(12-6-7)13(1-3-14)2-4-15/h5-6,14-15H,1-4H2. The molecule has 0 aliphatic carbocycles. The van der Waals surface area contributed by atoms with E-state index in [-0.39, 0.29) is 13.2 Å². The Morgan fingerprint density at radius 1 is 1.33 bits per heavy atom. The number of rotatable bonds is 5. The van der Waals surface area contributed by atoms with Crippen molar-refractivity contribution in [2.75, 3.05) is 31.2 Å². The number of anilines is 1. The van der Waals surface area contributed by atoms with Gasteiger partial charge in [-0.3, -0.25) is 0 Å². The van der Waals surface area contributed by atoms with Crippen LogP contribution in [0.3, 0.4) is 0 Å². The molecule has 0 radical (unpaired) electrons. The van der Waals surface area contributed by atoms with Crippen LogP contribution in [0.5, 0.6) is 0 Å². The summed E-state index contributed by atoms with van der Waals surface area (Å²) < 4.78 is 0.796. The van der Waals surface area contributed by atoms with Crippen LogP contribution in [0.1, 0.15) is 0 Å². The molecule has 1 rings (SSSR count). The number of aliphatic hydroxyl groups excluding tert-OH is 2. The van der Waals surface area contributed by atoms with Crippen LogP contribution in [0.25, 0.3) is 0 Å². The third-order valence-corrected chi connectivity index (χ3v) is 2.54. The maximum atomic E-state index is 8.87. The van der Waals surface area contributed by atoms with Crippen molar-refractivity contribution in [1.82, 2.24) is 4.98 Å². The molecule has 0 aliphatic heterocycles. The van der Waals surface area contributed by atoms with E-state index in [4.69, 9.17) is 21.8 Å². The molecule has 0 fully saturated rings. The van der Waals surface area contributed by atoms with E-state index < -0.39 is 0 Å². The average Bonchev–Trinajstić information content (AvgIpc) is 2.17. The van der Waals surface area contributed by atoms with Crippen LogP contribution in [0.15, 0.2) is 16.7 Å². The van der Waals surface area contributed by atoms with Gasteiger partial charge in [-0.1, -0.05) is 11.6 Å². The third-order valence-electron chi connectivity index (χ3n) is 1.83. The summed E-state index contributed by atoms with van der Waals surface area (Å²) in [5.74, 6) is 0.572. The first-order valence-corrected chi connectivity index (χ1v) is 5.64. The zero-order valence-corrected chi connectivity index (χ0v) is 10.4. The van der Waals surface area contributed by atoms with E-state index in [1.165, 1.54) is 0 Å². The van der Waals surface area contributed by atoms with E-state index in [1.807, 2.05) is 0 Å². The molecular weight excluding hydrogens is 283 g/mol. The zero-order chi connectivity index (χ0) is 11.3. The largest absolute Gasteiger partial charge is 0.395 e. The third kappa shape index (κ3) is 3.61. The van der Waals surface area contributed by atoms with Gasteiger partial charge in [0.2, 0.25) is 0 Å². The number of hydrogen-bond acceptors (Lipinski definition) is 4. The summed E-state index contributed by atoms with van der Waals surface area (Å²) in [6, 6.07) is 1.73. The highest BCUT2D eigenvalue weighted by atomic mass is 79.9. The fourth-order valence-corrected chi connectivity index (χ4v) is 1.95. The molecule has 2 N–H and O–H groups in total. The van der Waals surface area contributed by atoms with Crippen LogP contribution in [-0.2, 0) is 0 Å². The molecule has 0 saturated heterocycles. The first-order chi connectivity index (χ1) is 7.19. The smallest absolute Gasteiger partial charge is 0.147 e. The van der Waals surface area contributed by atoms with Gasteiger partial charge in [-0.2, -0.15) is 0 Å². The highest BCUT2D eigenvalue weighted by Gasteiger charge is 2.11. The molecule has 0 aromatic carbocycles. The van der Waals surface area contributed by atoms with E-state index in [1.54, 1.807) is 17.2 Å². The summed E-state index contributed by atoms with van der Waals surface area (Å²) in [6.45, 7) is 0.784. The van der Waals surface area contributed by atoms with E-state index in [0.29, 0.717) is 23.9 Å². The van der Waals surface area contributed by atoms with Gasteiger partial charge in [-0.15, -0.1) is 0 Å². The van der Waals surface area contributed by atoms with Crippen LogP contribution < -0.4 is 4.90 Å². The predicted octanol–water partition coefficient (Wildman–Crippen LogP) is 1.29. The van der Waals surface area contributed by atoms with Crippen LogP contribution in [-0.4, -0.2) is 41.5 Å². The summed E-state index contributed by atoms with van der Waals surface area (Å²) >= 11 is 9.26. The normalized spacial score (nSPS) is 10.4. The van der Waals surface area contributed by atoms with Crippen molar-refractivity contribution >= 4 is 33.3 Å². The van der Waals surface area contributed by atoms with Gasteiger partial charge in [0, 0.05) is 23.8 Å². The quantitative estimate of drug-likeness (QED) is 0.859.